The number of amides is 1. The van der Waals surface area contributed by atoms with Gasteiger partial charge in [-0.3, -0.25) is 4.79 Å². The Hall–Kier alpha value is -2.97. The summed E-state index contributed by atoms with van der Waals surface area (Å²) in [5, 5.41) is 3.76. The van der Waals surface area contributed by atoms with E-state index in [4.69, 9.17) is 15.2 Å². The second-order valence-corrected chi connectivity index (χ2v) is 7.58. The third kappa shape index (κ3) is 4.44. The molecule has 30 heavy (non-hydrogen) atoms. The summed E-state index contributed by atoms with van der Waals surface area (Å²) in [5.74, 6) is -0.113. The molecule has 0 spiro atoms. The van der Waals surface area contributed by atoms with Crippen molar-refractivity contribution in [1.29, 1.82) is 0 Å². The Kier molecular flexibility index (Phi) is 5.96. The Balaban J connectivity index is 1.42. The van der Waals surface area contributed by atoms with E-state index in [1.165, 1.54) is 6.07 Å². The molecule has 1 amide bonds. The average Bonchev–Trinajstić information content (AvgIpc) is 3.12. The van der Waals surface area contributed by atoms with Gasteiger partial charge in [-0.25, -0.2) is 9.37 Å². The fourth-order valence-corrected chi connectivity index (χ4v) is 3.64. The van der Waals surface area contributed by atoms with Gasteiger partial charge < -0.3 is 25.5 Å². The number of nitrogens with one attached hydrogen (secondary N) is 2. The molecule has 0 saturated carbocycles. The van der Waals surface area contributed by atoms with E-state index in [9.17, 15) is 9.18 Å². The van der Waals surface area contributed by atoms with Crippen LogP contribution in [0.4, 0.5) is 4.39 Å². The van der Waals surface area contributed by atoms with Crippen LogP contribution in [0.5, 0.6) is 11.5 Å². The van der Waals surface area contributed by atoms with Crippen LogP contribution in [-0.4, -0.2) is 41.2 Å². The number of fused-ring (bicyclic) bond motifs is 1. The summed E-state index contributed by atoms with van der Waals surface area (Å²) in [6.45, 7) is 3.21. The van der Waals surface area contributed by atoms with Crippen LogP contribution in [0.2, 0.25) is 0 Å². The van der Waals surface area contributed by atoms with Crippen molar-refractivity contribution >= 4 is 16.9 Å². The molecular weight excluding hydrogens is 387 g/mol. The molecule has 0 aliphatic carbocycles. The van der Waals surface area contributed by atoms with Gasteiger partial charge in [0.1, 0.15) is 11.4 Å². The molecule has 158 valence electrons. The number of nitrogens with zero attached hydrogens (tertiary/aromatic N) is 1. The fourth-order valence-electron chi connectivity index (χ4n) is 3.64. The predicted molar refractivity (Wildman–Crippen MR) is 111 cm³/mol. The number of carbonyl (C=O) groups is 1. The Bertz CT molecular complexity index is 1050. The highest BCUT2D eigenvalue weighted by Gasteiger charge is 2.21. The number of carbonyl (C=O) groups excluding carboxylic acids is 1. The van der Waals surface area contributed by atoms with Crippen LogP contribution in [0.1, 0.15) is 24.0 Å². The second-order valence-electron chi connectivity index (χ2n) is 7.58. The number of ether oxygens (including phenoxy) is 2. The van der Waals surface area contributed by atoms with Gasteiger partial charge in [-0.05, 0) is 55.5 Å². The molecule has 8 heteroatoms. The lowest BCUT2D eigenvalue weighted by molar-refractivity contribution is -0.123. The Morgan fingerprint density at radius 2 is 2.17 bits per heavy atom. The van der Waals surface area contributed by atoms with E-state index in [-0.39, 0.29) is 24.1 Å². The average molecular weight is 412 g/mol. The van der Waals surface area contributed by atoms with E-state index in [1.807, 2.05) is 13.1 Å². The lowest BCUT2D eigenvalue weighted by Crippen LogP contribution is -2.48. The number of benzene rings is 1. The molecule has 4 rings (SSSR count). The van der Waals surface area contributed by atoms with Gasteiger partial charge in [-0.1, -0.05) is 6.07 Å². The third-order valence-electron chi connectivity index (χ3n) is 5.31. The molecule has 0 unspecified atom stereocenters. The van der Waals surface area contributed by atoms with Gasteiger partial charge in [-0.2, -0.15) is 0 Å². The molecule has 1 aliphatic rings. The molecule has 4 N–H and O–H groups in total. The van der Waals surface area contributed by atoms with Gasteiger partial charge in [0.05, 0.1) is 11.4 Å². The smallest absolute Gasteiger partial charge is 0.237 e. The van der Waals surface area contributed by atoms with Gasteiger partial charge in [0, 0.05) is 31.6 Å². The Labute approximate surface area is 173 Å². The van der Waals surface area contributed by atoms with Crippen LogP contribution in [-0.2, 0) is 16.0 Å². The molecule has 7 nitrogen and oxygen atoms in total. The maximum atomic E-state index is 14.7. The highest BCUT2D eigenvalue weighted by atomic mass is 19.1. The van der Waals surface area contributed by atoms with Crippen molar-refractivity contribution in [1.82, 2.24) is 15.3 Å². The lowest BCUT2D eigenvalue weighted by Gasteiger charge is -2.24. The van der Waals surface area contributed by atoms with Gasteiger partial charge in [0.25, 0.3) is 0 Å². The molecule has 3 heterocycles. The van der Waals surface area contributed by atoms with Crippen molar-refractivity contribution in [2.75, 3.05) is 13.2 Å². The van der Waals surface area contributed by atoms with Crippen LogP contribution in [0, 0.1) is 12.7 Å². The number of aromatic amines is 1. The largest absolute Gasteiger partial charge is 0.453 e. The van der Waals surface area contributed by atoms with E-state index in [1.54, 1.807) is 24.4 Å². The number of rotatable bonds is 6. The van der Waals surface area contributed by atoms with E-state index in [0.29, 0.717) is 30.2 Å². The highest BCUT2D eigenvalue weighted by molar-refractivity contribution is 5.86. The minimum atomic E-state index is -0.749. The number of aryl methyl sites for hydroxylation is 1. The quantitative estimate of drug-likeness (QED) is 0.578. The monoisotopic (exact) mass is 412 g/mol. The predicted octanol–water partition coefficient (Wildman–Crippen LogP) is 2.97. The number of hydrogen-bond donors (Lipinski definition) is 3. The SMILES string of the molecule is Cc1c[nH]c2nccc(Oc3ccc(C[C@H](N)C(=O)NC4CCOCC4)cc3F)c12. The second kappa shape index (κ2) is 8.81. The maximum Gasteiger partial charge on any atom is 0.237 e. The number of hydrogen-bond acceptors (Lipinski definition) is 5. The zero-order valence-corrected chi connectivity index (χ0v) is 16.8. The topological polar surface area (TPSA) is 102 Å². The first kappa shape index (κ1) is 20.3. The van der Waals surface area contributed by atoms with Crippen molar-refractivity contribution < 1.29 is 18.7 Å². The minimum absolute atomic E-state index is 0.0823. The maximum absolute atomic E-state index is 14.7. The molecule has 1 fully saturated rings. The summed E-state index contributed by atoms with van der Waals surface area (Å²) >= 11 is 0. The Morgan fingerprint density at radius 1 is 1.37 bits per heavy atom. The van der Waals surface area contributed by atoms with E-state index < -0.39 is 11.9 Å². The van der Waals surface area contributed by atoms with Crippen LogP contribution < -0.4 is 15.8 Å². The zero-order valence-electron chi connectivity index (χ0n) is 16.8. The van der Waals surface area contributed by atoms with Gasteiger partial charge in [0.15, 0.2) is 11.6 Å². The normalized spacial score (nSPS) is 15.8. The van der Waals surface area contributed by atoms with Crippen LogP contribution in [0.3, 0.4) is 0 Å². The molecular formula is C22H25FN4O3. The fraction of sp³-hybridized carbons (Fsp3) is 0.364. The minimum Gasteiger partial charge on any atom is -0.453 e. The molecule has 1 atom stereocenters. The van der Waals surface area contributed by atoms with E-state index >= 15 is 0 Å². The van der Waals surface area contributed by atoms with Crippen LogP contribution in [0.25, 0.3) is 11.0 Å². The van der Waals surface area contributed by atoms with Crippen molar-refractivity contribution in [3.05, 3.63) is 53.6 Å². The standard InChI is InChI=1S/C22H25FN4O3/c1-13-12-26-21-20(13)19(4-7-25-21)30-18-3-2-14(10-16(18)23)11-17(24)22(28)27-15-5-8-29-9-6-15/h2-4,7,10,12,15,17H,5-6,8-9,11,24H2,1H3,(H,25,26)(H,27,28)/t17-/m0/s1. The first-order valence-corrected chi connectivity index (χ1v) is 10.0. The lowest BCUT2D eigenvalue weighted by atomic mass is 10.0. The number of H-pyrrole nitrogens is 1. The summed E-state index contributed by atoms with van der Waals surface area (Å²) in [4.78, 5) is 19.6. The van der Waals surface area contributed by atoms with Gasteiger partial charge >= 0.3 is 0 Å². The zero-order chi connectivity index (χ0) is 21.1. The summed E-state index contributed by atoms with van der Waals surface area (Å²) in [7, 11) is 0. The van der Waals surface area contributed by atoms with E-state index in [0.717, 1.165) is 23.8 Å². The summed E-state index contributed by atoms with van der Waals surface area (Å²) < 4.78 is 25.8. The van der Waals surface area contributed by atoms with Crippen LogP contribution >= 0.6 is 0 Å². The van der Waals surface area contributed by atoms with Gasteiger partial charge in [0.2, 0.25) is 5.91 Å². The summed E-state index contributed by atoms with van der Waals surface area (Å²) in [6.07, 6.45) is 5.24. The first-order valence-electron chi connectivity index (χ1n) is 10.0. The highest BCUT2D eigenvalue weighted by Crippen LogP contribution is 2.32. The van der Waals surface area contributed by atoms with Crippen molar-refractivity contribution in [3.8, 4) is 11.5 Å². The first-order chi connectivity index (χ1) is 14.5. The molecule has 1 aliphatic heterocycles. The molecule has 0 radical (unpaired) electrons. The molecule has 2 aromatic heterocycles. The van der Waals surface area contributed by atoms with Crippen LogP contribution in [0.15, 0.2) is 36.7 Å². The van der Waals surface area contributed by atoms with E-state index in [2.05, 4.69) is 15.3 Å². The number of aromatic nitrogens is 2. The van der Waals surface area contributed by atoms with Crippen molar-refractivity contribution in [3.63, 3.8) is 0 Å². The molecule has 1 saturated heterocycles. The van der Waals surface area contributed by atoms with Crippen molar-refractivity contribution in [2.45, 2.75) is 38.3 Å². The molecule has 1 aromatic carbocycles. The summed E-state index contributed by atoms with van der Waals surface area (Å²) in [6, 6.07) is 5.68. The number of nitrogens with two attached hydrogens (primary N) is 1. The third-order valence-corrected chi connectivity index (χ3v) is 5.31. The summed E-state index contributed by atoms with van der Waals surface area (Å²) in [5.41, 5.74) is 8.32. The number of pyridine rings is 1. The number of halogens is 1. The molecule has 3 aromatic rings. The van der Waals surface area contributed by atoms with Crippen molar-refractivity contribution in [2.24, 2.45) is 5.73 Å². The molecule has 0 bridgehead atoms. The Morgan fingerprint density at radius 3 is 2.93 bits per heavy atom. The van der Waals surface area contributed by atoms with Gasteiger partial charge in [-0.15, -0.1) is 0 Å².